The molecule has 4 nitrogen and oxygen atoms in total. The van der Waals surface area contributed by atoms with Crippen molar-refractivity contribution in [2.45, 2.75) is 44.8 Å². The highest BCUT2D eigenvalue weighted by Gasteiger charge is 2.34. The van der Waals surface area contributed by atoms with Crippen LogP contribution in [0.4, 0.5) is 0 Å². The van der Waals surface area contributed by atoms with Crippen LogP contribution >= 0.6 is 0 Å². The van der Waals surface area contributed by atoms with E-state index in [9.17, 15) is 5.11 Å². The lowest BCUT2D eigenvalue weighted by Gasteiger charge is -2.37. The Morgan fingerprint density at radius 3 is 2.89 bits per heavy atom. The Morgan fingerprint density at radius 2 is 2.21 bits per heavy atom. The van der Waals surface area contributed by atoms with Gasteiger partial charge in [-0.3, -0.25) is 0 Å². The molecule has 4 N–H and O–H groups in total. The molecule has 0 spiro atoms. The number of quaternary nitrogens is 2. The molecule has 5 atom stereocenters. The summed E-state index contributed by atoms with van der Waals surface area (Å²) in [6.07, 6.45) is 5.31. The maximum Gasteiger partial charge on any atom is 0.139 e. The van der Waals surface area contributed by atoms with Gasteiger partial charge in [-0.05, 0) is 25.2 Å². The van der Waals surface area contributed by atoms with Crippen LogP contribution in [0, 0.1) is 11.8 Å². The fraction of sp³-hybridized carbons (Fsp3) is 1.00. The highest BCUT2D eigenvalue weighted by atomic mass is 16.5. The van der Waals surface area contributed by atoms with E-state index in [0.29, 0.717) is 24.7 Å². The number of hydrogen-bond acceptors (Lipinski definition) is 2. The molecule has 1 saturated heterocycles. The number of methoxy groups -OCH3 is 1. The molecule has 1 heterocycles. The van der Waals surface area contributed by atoms with Crippen molar-refractivity contribution in [3.8, 4) is 0 Å². The highest BCUT2D eigenvalue weighted by Crippen LogP contribution is 2.29. The summed E-state index contributed by atoms with van der Waals surface area (Å²) in [5, 5.41) is 11.6. The van der Waals surface area contributed by atoms with Gasteiger partial charge in [0.05, 0.1) is 12.6 Å². The fourth-order valence-corrected chi connectivity index (χ4v) is 4.11. The third-order valence-corrected chi connectivity index (χ3v) is 5.23. The second-order valence-corrected chi connectivity index (χ2v) is 6.57. The molecule has 1 aliphatic carbocycles. The first-order chi connectivity index (χ1) is 9.24. The number of hydrogen-bond donors (Lipinski definition) is 3. The number of piperazine rings is 1. The van der Waals surface area contributed by atoms with Gasteiger partial charge in [0.25, 0.3) is 0 Å². The molecular weight excluding hydrogens is 240 g/mol. The SMILES string of the molecule is COC1CCC(C[NH+]2CC[NH2+]C[C@H]2CCO)CC1C. The van der Waals surface area contributed by atoms with Crippen molar-refractivity contribution in [1.82, 2.24) is 0 Å². The van der Waals surface area contributed by atoms with E-state index in [1.807, 2.05) is 7.11 Å². The van der Waals surface area contributed by atoms with E-state index in [1.54, 1.807) is 4.90 Å². The minimum atomic E-state index is 0.342. The standard InChI is InChI=1S/C15H30N2O2/c1-12-9-13(3-4-15(12)19-2)11-17-7-6-16-10-14(17)5-8-18/h12-16,18H,3-11H2,1-2H3/p+2/t12?,13?,14-,15?/m1/s1. The predicted molar refractivity (Wildman–Crippen MR) is 75.1 cm³/mol. The first-order valence-electron chi connectivity index (χ1n) is 8.04. The Bertz CT molecular complexity index is 261. The van der Waals surface area contributed by atoms with Crippen LogP contribution in [0.15, 0.2) is 0 Å². The van der Waals surface area contributed by atoms with E-state index in [2.05, 4.69) is 12.2 Å². The van der Waals surface area contributed by atoms with Gasteiger partial charge in [0.15, 0.2) is 0 Å². The summed E-state index contributed by atoms with van der Waals surface area (Å²) in [5.41, 5.74) is 0. The van der Waals surface area contributed by atoms with Gasteiger partial charge in [0, 0.05) is 26.1 Å². The van der Waals surface area contributed by atoms with E-state index in [0.717, 1.165) is 12.3 Å². The first kappa shape index (κ1) is 15.2. The van der Waals surface area contributed by atoms with Crippen molar-refractivity contribution >= 4 is 0 Å². The monoisotopic (exact) mass is 272 g/mol. The van der Waals surface area contributed by atoms with Crippen molar-refractivity contribution < 1.29 is 20.1 Å². The van der Waals surface area contributed by atoms with Crippen molar-refractivity contribution in [1.29, 1.82) is 0 Å². The summed E-state index contributed by atoms with van der Waals surface area (Å²) in [4.78, 5) is 1.74. The lowest BCUT2D eigenvalue weighted by atomic mass is 9.80. The second-order valence-electron chi connectivity index (χ2n) is 6.57. The van der Waals surface area contributed by atoms with Gasteiger partial charge in [-0.25, -0.2) is 0 Å². The molecule has 0 bridgehead atoms. The molecular formula is C15H32N2O2+2. The van der Waals surface area contributed by atoms with Crippen LogP contribution < -0.4 is 10.2 Å². The zero-order valence-corrected chi connectivity index (χ0v) is 12.6. The topological polar surface area (TPSA) is 50.5 Å². The summed E-state index contributed by atoms with van der Waals surface area (Å²) in [6, 6.07) is 0.661. The van der Waals surface area contributed by atoms with E-state index in [1.165, 1.54) is 45.4 Å². The Hall–Kier alpha value is -0.160. The van der Waals surface area contributed by atoms with Gasteiger partial charge in [0.2, 0.25) is 0 Å². The summed E-state index contributed by atoms with van der Waals surface area (Å²) in [6.45, 7) is 7.70. The van der Waals surface area contributed by atoms with E-state index in [-0.39, 0.29) is 0 Å². The molecule has 0 aromatic rings. The molecule has 2 fully saturated rings. The molecule has 0 amide bonds. The molecule has 1 saturated carbocycles. The number of aliphatic hydroxyl groups excluding tert-OH is 1. The normalized spacial score (nSPS) is 40.3. The first-order valence-corrected chi connectivity index (χ1v) is 8.04. The van der Waals surface area contributed by atoms with Crippen LogP contribution in [0.1, 0.15) is 32.6 Å². The lowest BCUT2D eigenvalue weighted by Crippen LogP contribution is -3.24. The Kier molecular flexibility index (Phi) is 6.07. The average Bonchev–Trinajstić information content (AvgIpc) is 2.41. The number of ether oxygens (including phenoxy) is 1. The van der Waals surface area contributed by atoms with Gasteiger partial charge in [-0.2, -0.15) is 0 Å². The van der Waals surface area contributed by atoms with Gasteiger partial charge < -0.3 is 20.1 Å². The zero-order valence-electron chi connectivity index (χ0n) is 12.6. The highest BCUT2D eigenvalue weighted by molar-refractivity contribution is 4.78. The molecule has 4 unspecified atom stereocenters. The van der Waals surface area contributed by atoms with E-state index < -0.39 is 0 Å². The maximum atomic E-state index is 9.21. The largest absolute Gasteiger partial charge is 0.396 e. The van der Waals surface area contributed by atoms with Crippen LogP contribution in [0.3, 0.4) is 0 Å². The summed E-state index contributed by atoms with van der Waals surface area (Å²) in [5.74, 6) is 1.56. The fourth-order valence-electron chi connectivity index (χ4n) is 4.11. The Morgan fingerprint density at radius 1 is 1.37 bits per heavy atom. The average molecular weight is 272 g/mol. The van der Waals surface area contributed by atoms with Crippen molar-refractivity contribution in [2.75, 3.05) is 39.9 Å². The summed E-state index contributed by atoms with van der Waals surface area (Å²) in [7, 11) is 1.85. The van der Waals surface area contributed by atoms with Crippen molar-refractivity contribution in [3.05, 3.63) is 0 Å². The number of rotatable bonds is 5. The smallest absolute Gasteiger partial charge is 0.139 e. The molecule has 0 aromatic carbocycles. The summed E-state index contributed by atoms with van der Waals surface area (Å²) < 4.78 is 5.56. The Balaban J connectivity index is 1.82. The van der Waals surface area contributed by atoms with Crippen molar-refractivity contribution in [2.24, 2.45) is 11.8 Å². The third kappa shape index (κ3) is 4.15. The van der Waals surface area contributed by atoms with Gasteiger partial charge in [-0.1, -0.05) is 6.92 Å². The molecule has 1 aliphatic heterocycles. The summed E-state index contributed by atoms with van der Waals surface area (Å²) >= 11 is 0. The molecule has 2 rings (SSSR count). The zero-order chi connectivity index (χ0) is 13.7. The van der Waals surface area contributed by atoms with Crippen LogP contribution in [0.25, 0.3) is 0 Å². The lowest BCUT2D eigenvalue weighted by molar-refractivity contribution is -0.974. The van der Waals surface area contributed by atoms with Gasteiger partial charge >= 0.3 is 0 Å². The molecule has 112 valence electrons. The van der Waals surface area contributed by atoms with Crippen molar-refractivity contribution in [3.63, 3.8) is 0 Å². The van der Waals surface area contributed by atoms with Crippen LogP contribution in [0.5, 0.6) is 0 Å². The quantitative estimate of drug-likeness (QED) is 0.580. The minimum Gasteiger partial charge on any atom is -0.396 e. The maximum absolute atomic E-state index is 9.21. The molecule has 2 aliphatic rings. The third-order valence-electron chi connectivity index (χ3n) is 5.23. The number of aliphatic hydroxyl groups is 1. The predicted octanol–water partition coefficient (Wildman–Crippen LogP) is -1.35. The van der Waals surface area contributed by atoms with Crippen LogP contribution in [0.2, 0.25) is 0 Å². The minimum absolute atomic E-state index is 0.342. The van der Waals surface area contributed by atoms with E-state index in [4.69, 9.17) is 4.74 Å². The molecule has 0 aromatic heterocycles. The van der Waals surface area contributed by atoms with Gasteiger partial charge in [-0.15, -0.1) is 0 Å². The second kappa shape index (κ2) is 7.58. The molecule has 0 radical (unpaired) electrons. The number of nitrogens with two attached hydrogens (primary N) is 1. The van der Waals surface area contributed by atoms with Crippen LogP contribution in [-0.4, -0.2) is 57.1 Å². The van der Waals surface area contributed by atoms with E-state index >= 15 is 0 Å². The van der Waals surface area contributed by atoms with Crippen LogP contribution in [-0.2, 0) is 4.74 Å². The molecule has 4 heteroatoms. The number of nitrogens with one attached hydrogen (secondary N) is 1. The molecule has 19 heavy (non-hydrogen) atoms. The Labute approximate surface area is 117 Å². The van der Waals surface area contributed by atoms with Gasteiger partial charge in [0.1, 0.15) is 25.7 Å².